The highest BCUT2D eigenvalue weighted by molar-refractivity contribution is 5.75. The van der Waals surface area contributed by atoms with Crippen LogP contribution < -0.4 is 0 Å². The van der Waals surface area contributed by atoms with Crippen LogP contribution in [-0.4, -0.2) is 27.5 Å². The molecule has 1 aliphatic heterocycles. The van der Waals surface area contributed by atoms with Crippen LogP contribution in [0.25, 0.3) is 11.0 Å². The second-order valence-electron chi connectivity index (χ2n) is 5.64. The smallest absolute Gasteiger partial charge is 0.124 e. The zero-order valence-corrected chi connectivity index (χ0v) is 11.9. The molecule has 0 aliphatic carbocycles. The van der Waals surface area contributed by atoms with Crippen molar-refractivity contribution in [3.63, 3.8) is 0 Å². The number of nitrogens with zero attached hydrogens (tertiary/aromatic N) is 4. The van der Waals surface area contributed by atoms with E-state index in [0.717, 1.165) is 43.0 Å². The van der Waals surface area contributed by atoms with Crippen LogP contribution in [0.3, 0.4) is 0 Å². The SMILES string of the molecule is CC(C#N)Cn1c(CN2CCCC2)nc2ccccc21. The minimum Gasteiger partial charge on any atom is -0.326 e. The number of hydrogen-bond acceptors (Lipinski definition) is 3. The molecule has 1 aromatic heterocycles. The average Bonchev–Trinajstić information content (AvgIpc) is 3.08. The number of nitriles is 1. The van der Waals surface area contributed by atoms with Gasteiger partial charge < -0.3 is 4.57 Å². The molecular formula is C16H20N4. The Morgan fingerprint density at radius 2 is 2.05 bits per heavy atom. The number of fused-ring (bicyclic) bond motifs is 1. The van der Waals surface area contributed by atoms with Gasteiger partial charge in [0, 0.05) is 6.54 Å². The standard InChI is InChI=1S/C16H20N4/c1-13(10-17)11-20-15-7-3-2-6-14(15)18-16(20)12-19-8-4-5-9-19/h2-3,6-7,13H,4-5,8-9,11-12H2,1H3. The third-order valence-electron chi connectivity index (χ3n) is 3.97. The predicted octanol–water partition coefficient (Wildman–Crippen LogP) is 2.79. The van der Waals surface area contributed by atoms with Gasteiger partial charge in [-0.2, -0.15) is 5.26 Å². The van der Waals surface area contributed by atoms with Crippen LogP contribution >= 0.6 is 0 Å². The third-order valence-corrected chi connectivity index (χ3v) is 3.97. The molecule has 0 saturated carbocycles. The highest BCUT2D eigenvalue weighted by Crippen LogP contribution is 2.20. The van der Waals surface area contributed by atoms with Crippen LogP contribution in [0.15, 0.2) is 24.3 Å². The predicted molar refractivity (Wildman–Crippen MR) is 79.0 cm³/mol. The largest absolute Gasteiger partial charge is 0.326 e. The van der Waals surface area contributed by atoms with Crippen molar-refractivity contribution in [2.24, 2.45) is 5.92 Å². The Morgan fingerprint density at radius 3 is 2.80 bits per heavy atom. The molecule has 0 spiro atoms. The van der Waals surface area contributed by atoms with Gasteiger partial charge in [0.05, 0.1) is 29.6 Å². The fourth-order valence-corrected chi connectivity index (χ4v) is 2.91. The summed E-state index contributed by atoms with van der Waals surface area (Å²) in [4.78, 5) is 7.23. The van der Waals surface area contributed by atoms with Crippen molar-refractivity contribution in [1.82, 2.24) is 14.5 Å². The molecule has 2 aromatic rings. The van der Waals surface area contributed by atoms with Crippen LogP contribution in [0.4, 0.5) is 0 Å². The maximum atomic E-state index is 9.09. The Morgan fingerprint density at radius 1 is 1.30 bits per heavy atom. The van der Waals surface area contributed by atoms with E-state index in [9.17, 15) is 0 Å². The molecule has 4 heteroatoms. The van der Waals surface area contributed by atoms with E-state index in [2.05, 4.69) is 27.7 Å². The Hall–Kier alpha value is -1.86. The van der Waals surface area contributed by atoms with Crippen LogP contribution in [0.5, 0.6) is 0 Å². The minimum absolute atomic E-state index is 0.00457. The molecule has 1 aliphatic rings. The van der Waals surface area contributed by atoms with E-state index in [-0.39, 0.29) is 5.92 Å². The van der Waals surface area contributed by atoms with E-state index in [1.165, 1.54) is 12.8 Å². The Balaban J connectivity index is 1.96. The number of rotatable bonds is 4. The van der Waals surface area contributed by atoms with E-state index in [1.807, 2.05) is 19.1 Å². The molecule has 0 bridgehead atoms. The highest BCUT2D eigenvalue weighted by Gasteiger charge is 2.18. The van der Waals surface area contributed by atoms with Gasteiger partial charge in [-0.05, 0) is 45.0 Å². The third kappa shape index (κ3) is 2.54. The lowest BCUT2D eigenvalue weighted by Crippen LogP contribution is -2.22. The summed E-state index contributed by atoms with van der Waals surface area (Å²) in [5.74, 6) is 1.10. The fourth-order valence-electron chi connectivity index (χ4n) is 2.91. The maximum Gasteiger partial charge on any atom is 0.124 e. The topological polar surface area (TPSA) is 44.9 Å². The van der Waals surface area contributed by atoms with E-state index in [1.54, 1.807) is 0 Å². The molecule has 1 aromatic carbocycles. The van der Waals surface area contributed by atoms with Crippen LogP contribution in [0.1, 0.15) is 25.6 Å². The van der Waals surface area contributed by atoms with E-state index in [4.69, 9.17) is 10.2 Å². The lowest BCUT2D eigenvalue weighted by Gasteiger charge is -2.16. The van der Waals surface area contributed by atoms with Gasteiger partial charge in [-0.15, -0.1) is 0 Å². The van der Waals surface area contributed by atoms with Crippen molar-refractivity contribution >= 4 is 11.0 Å². The van der Waals surface area contributed by atoms with Crippen molar-refractivity contribution < 1.29 is 0 Å². The number of hydrogen-bond donors (Lipinski definition) is 0. The second-order valence-corrected chi connectivity index (χ2v) is 5.64. The summed E-state index contributed by atoms with van der Waals surface area (Å²) in [7, 11) is 0. The van der Waals surface area contributed by atoms with Gasteiger partial charge in [-0.1, -0.05) is 12.1 Å². The summed E-state index contributed by atoms with van der Waals surface area (Å²) in [5, 5.41) is 9.09. The van der Waals surface area contributed by atoms with Gasteiger partial charge in [-0.25, -0.2) is 4.98 Å². The van der Waals surface area contributed by atoms with Crippen molar-refractivity contribution in [1.29, 1.82) is 5.26 Å². The lowest BCUT2D eigenvalue weighted by atomic mass is 10.2. The first-order valence-corrected chi connectivity index (χ1v) is 7.34. The van der Waals surface area contributed by atoms with Gasteiger partial charge in [0.15, 0.2) is 0 Å². The lowest BCUT2D eigenvalue weighted by molar-refractivity contribution is 0.315. The molecule has 0 N–H and O–H groups in total. The van der Waals surface area contributed by atoms with Gasteiger partial charge in [-0.3, -0.25) is 4.90 Å². The normalized spacial score (nSPS) is 17.4. The van der Waals surface area contributed by atoms with Gasteiger partial charge in [0.1, 0.15) is 5.82 Å². The second kappa shape index (κ2) is 5.64. The quantitative estimate of drug-likeness (QED) is 0.856. The van der Waals surface area contributed by atoms with E-state index < -0.39 is 0 Å². The molecule has 0 radical (unpaired) electrons. The average molecular weight is 268 g/mol. The number of aromatic nitrogens is 2. The molecule has 1 fully saturated rings. The van der Waals surface area contributed by atoms with E-state index in [0.29, 0.717) is 0 Å². The molecule has 1 atom stereocenters. The molecule has 20 heavy (non-hydrogen) atoms. The van der Waals surface area contributed by atoms with Crippen LogP contribution in [0, 0.1) is 17.2 Å². The first-order chi connectivity index (χ1) is 9.78. The summed E-state index contributed by atoms with van der Waals surface area (Å²) >= 11 is 0. The summed E-state index contributed by atoms with van der Waals surface area (Å²) in [6.07, 6.45) is 2.57. The summed E-state index contributed by atoms with van der Waals surface area (Å²) < 4.78 is 2.22. The zero-order valence-electron chi connectivity index (χ0n) is 11.9. The fraction of sp³-hybridized carbons (Fsp3) is 0.500. The molecular weight excluding hydrogens is 248 g/mol. The van der Waals surface area contributed by atoms with Crippen molar-refractivity contribution in [2.75, 3.05) is 13.1 Å². The van der Waals surface area contributed by atoms with Crippen LogP contribution in [0.2, 0.25) is 0 Å². The van der Waals surface area contributed by atoms with Crippen LogP contribution in [-0.2, 0) is 13.1 Å². The molecule has 2 heterocycles. The maximum absolute atomic E-state index is 9.09. The first kappa shape index (κ1) is 13.1. The van der Waals surface area contributed by atoms with Gasteiger partial charge in [0.2, 0.25) is 0 Å². The first-order valence-electron chi connectivity index (χ1n) is 7.34. The zero-order chi connectivity index (χ0) is 13.9. The molecule has 104 valence electrons. The summed E-state index contributed by atoms with van der Waals surface area (Å²) in [6.45, 7) is 5.91. The van der Waals surface area contributed by atoms with Crippen molar-refractivity contribution in [3.8, 4) is 6.07 Å². The Labute approximate surface area is 119 Å². The molecule has 4 nitrogen and oxygen atoms in total. The van der Waals surface area contributed by atoms with Gasteiger partial charge in [0.25, 0.3) is 0 Å². The molecule has 1 saturated heterocycles. The monoisotopic (exact) mass is 268 g/mol. The number of benzene rings is 1. The van der Waals surface area contributed by atoms with Crippen molar-refractivity contribution in [3.05, 3.63) is 30.1 Å². The highest BCUT2D eigenvalue weighted by atomic mass is 15.2. The number of imidazole rings is 1. The molecule has 1 unspecified atom stereocenters. The Bertz CT molecular complexity index is 631. The van der Waals surface area contributed by atoms with E-state index >= 15 is 0 Å². The van der Waals surface area contributed by atoms with Gasteiger partial charge >= 0.3 is 0 Å². The summed E-state index contributed by atoms with van der Waals surface area (Å²) in [6, 6.07) is 10.5. The molecule has 3 rings (SSSR count). The number of para-hydroxylation sites is 2. The summed E-state index contributed by atoms with van der Waals surface area (Å²) in [5.41, 5.74) is 2.18. The Kier molecular flexibility index (Phi) is 3.70. The minimum atomic E-state index is 0.00457. The van der Waals surface area contributed by atoms with Crippen molar-refractivity contribution in [2.45, 2.75) is 32.9 Å². The molecule has 0 amide bonds. The number of likely N-dealkylation sites (tertiary alicyclic amines) is 1.